The largest absolute Gasteiger partial charge is 0.352 e. The van der Waals surface area contributed by atoms with Gasteiger partial charge in [0.15, 0.2) is 0 Å². The van der Waals surface area contributed by atoms with Crippen molar-refractivity contribution in [1.82, 2.24) is 15.3 Å². The quantitative estimate of drug-likeness (QED) is 0.419. The molecule has 1 amide bonds. The highest BCUT2D eigenvalue weighted by molar-refractivity contribution is 7.17. The highest BCUT2D eigenvalue weighted by atomic mass is 32.1. The van der Waals surface area contributed by atoms with Crippen molar-refractivity contribution in [2.75, 3.05) is 18.0 Å². The summed E-state index contributed by atoms with van der Waals surface area (Å²) >= 11 is 1.36. The molecule has 2 N–H and O–H groups in total. The highest BCUT2D eigenvalue weighted by Crippen LogP contribution is 2.32. The number of hydrogen-bond donors (Lipinski definition) is 2. The van der Waals surface area contributed by atoms with Gasteiger partial charge in [0.25, 0.3) is 5.56 Å². The Morgan fingerprint density at radius 1 is 1.23 bits per heavy atom. The second-order valence-corrected chi connectivity index (χ2v) is 9.70. The van der Waals surface area contributed by atoms with Crippen molar-refractivity contribution in [3.8, 4) is 11.1 Å². The molecule has 180 valence electrons. The Kier molecular flexibility index (Phi) is 6.34. The third-order valence-corrected chi connectivity index (χ3v) is 7.30. The van der Waals surface area contributed by atoms with E-state index in [0.717, 1.165) is 29.2 Å². The van der Waals surface area contributed by atoms with E-state index >= 15 is 0 Å². The van der Waals surface area contributed by atoms with E-state index in [1.165, 1.54) is 23.5 Å². The zero-order valence-electron chi connectivity index (χ0n) is 19.1. The van der Waals surface area contributed by atoms with E-state index in [1.54, 1.807) is 0 Å². The molecule has 3 heterocycles. The molecule has 35 heavy (non-hydrogen) atoms. The number of nitrogens with zero attached hydrogens (tertiary/aromatic N) is 2. The summed E-state index contributed by atoms with van der Waals surface area (Å²) in [7, 11) is 0. The SMILES string of the molecule is Cc1ccc(-c2csc3c(=O)[nH]c(N4CCC[C@@H](C(=O)NCc5ccc(F)cc5F)C4)nc23)cc1. The number of aromatic amines is 1. The summed E-state index contributed by atoms with van der Waals surface area (Å²) in [5, 5.41) is 4.70. The van der Waals surface area contributed by atoms with E-state index in [9.17, 15) is 18.4 Å². The fraction of sp³-hybridized carbons (Fsp3) is 0.269. The van der Waals surface area contributed by atoms with Crippen molar-refractivity contribution in [3.05, 3.63) is 81.0 Å². The predicted octanol–water partition coefficient (Wildman–Crippen LogP) is 4.77. The third-order valence-electron chi connectivity index (χ3n) is 6.34. The van der Waals surface area contributed by atoms with Gasteiger partial charge < -0.3 is 10.2 Å². The van der Waals surface area contributed by atoms with Crippen molar-refractivity contribution >= 4 is 33.4 Å². The van der Waals surface area contributed by atoms with Gasteiger partial charge in [0.05, 0.1) is 11.4 Å². The van der Waals surface area contributed by atoms with Crippen LogP contribution >= 0.6 is 11.3 Å². The molecule has 5 rings (SSSR count). The maximum atomic E-state index is 13.9. The predicted molar refractivity (Wildman–Crippen MR) is 134 cm³/mol. The Balaban J connectivity index is 1.35. The normalized spacial score (nSPS) is 16.0. The zero-order valence-corrected chi connectivity index (χ0v) is 19.9. The number of rotatable bonds is 5. The smallest absolute Gasteiger partial charge is 0.270 e. The number of thiophene rings is 1. The number of halogens is 2. The van der Waals surface area contributed by atoms with Crippen molar-refractivity contribution in [3.63, 3.8) is 0 Å². The van der Waals surface area contributed by atoms with Gasteiger partial charge in [-0.3, -0.25) is 14.6 Å². The summed E-state index contributed by atoms with van der Waals surface area (Å²) in [6, 6.07) is 11.4. The van der Waals surface area contributed by atoms with E-state index in [-0.39, 0.29) is 29.5 Å². The number of fused-ring (bicyclic) bond motifs is 1. The van der Waals surface area contributed by atoms with Crippen molar-refractivity contribution in [1.29, 1.82) is 0 Å². The van der Waals surface area contributed by atoms with Crippen LogP contribution in [-0.4, -0.2) is 29.0 Å². The van der Waals surface area contributed by atoms with Crippen LogP contribution in [0.2, 0.25) is 0 Å². The molecular weight excluding hydrogens is 470 g/mol. The molecule has 1 aliphatic rings. The summed E-state index contributed by atoms with van der Waals surface area (Å²) in [6.45, 7) is 3.05. The molecule has 9 heteroatoms. The maximum absolute atomic E-state index is 13.9. The monoisotopic (exact) mass is 494 g/mol. The molecular formula is C26H24F2N4O2S. The molecule has 1 fully saturated rings. The van der Waals surface area contributed by atoms with Gasteiger partial charge >= 0.3 is 0 Å². The first kappa shape index (κ1) is 23.2. The van der Waals surface area contributed by atoms with Crippen LogP contribution in [-0.2, 0) is 11.3 Å². The molecule has 4 aromatic rings. The molecule has 6 nitrogen and oxygen atoms in total. The van der Waals surface area contributed by atoms with Crippen LogP contribution in [0.4, 0.5) is 14.7 Å². The van der Waals surface area contributed by atoms with Crippen LogP contribution in [0.3, 0.4) is 0 Å². The van der Waals surface area contributed by atoms with E-state index in [1.807, 2.05) is 41.5 Å². The van der Waals surface area contributed by atoms with E-state index < -0.39 is 11.6 Å². The first-order chi connectivity index (χ1) is 16.9. The summed E-state index contributed by atoms with van der Waals surface area (Å²) in [6.07, 6.45) is 1.42. The number of aromatic nitrogens is 2. The second kappa shape index (κ2) is 9.58. The molecule has 1 aliphatic heterocycles. The molecule has 2 aromatic carbocycles. The van der Waals surface area contributed by atoms with Crippen molar-refractivity contribution in [2.24, 2.45) is 5.92 Å². The number of H-pyrrole nitrogens is 1. The Bertz CT molecular complexity index is 1450. The average Bonchev–Trinajstić information content (AvgIpc) is 3.28. The number of carbonyl (C=O) groups is 1. The highest BCUT2D eigenvalue weighted by Gasteiger charge is 2.28. The van der Waals surface area contributed by atoms with E-state index in [0.29, 0.717) is 35.7 Å². The molecule has 0 saturated carbocycles. The van der Waals surface area contributed by atoms with Crippen LogP contribution < -0.4 is 15.8 Å². The first-order valence-electron chi connectivity index (χ1n) is 11.4. The molecule has 2 aromatic heterocycles. The standard InChI is InChI=1S/C26H24F2N4O2S/c1-15-4-6-16(7-5-15)20-14-35-23-22(20)30-26(31-25(23)34)32-10-2-3-18(13-32)24(33)29-12-17-8-9-19(27)11-21(17)28/h4-9,11,14,18H,2-3,10,12-13H2,1H3,(H,29,33)(H,30,31,34)/t18-/m1/s1. The van der Waals surface area contributed by atoms with Crippen LogP contribution in [0.15, 0.2) is 52.6 Å². The lowest BCUT2D eigenvalue weighted by molar-refractivity contribution is -0.125. The van der Waals surface area contributed by atoms with Gasteiger partial charge in [0.1, 0.15) is 16.3 Å². The lowest BCUT2D eigenvalue weighted by Crippen LogP contribution is -2.44. The molecule has 1 saturated heterocycles. The zero-order chi connectivity index (χ0) is 24.5. The number of hydrogen-bond acceptors (Lipinski definition) is 5. The Morgan fingerprint density at radius 2 is 2.03 bits per heavy atom. The molecule has 0 unspecified atom stereocenters. The van der Waals surface area contributed by atoms with Gasteiger partial charge in [-0.2, -0.15) is 0 Å². The average molecular weight is 495 g/mol. The number of benzene rings is 2. The van der Waals surface area contributed by atoms with Gasteiger partial charge in [-0.05, 0) is 31.4 Å². The molecule has 0 spiro atoms. The van der Waals surface area contributed by atoms with Gasteiger partial charge in [0.2, 0.25) is 11.9 Å². The number of anilines is 1. The minimum absolute atomic E-state index is 0.0166. The Labute approximate surface area is 204 Å². The number of nitrogens with one attached hydrogen (secondary N) is 2. The van der Waals surface area contributed by atoms with Crippen LogP contribution in [0.25, 0.3) is 21.3 Å². The summed E-state index contributed by atoms with van der Waals surface area (Å²) < 4.78 is 27.6. The second-order valence-electron chi connectivity index (χ2n) is 8.82. The fourth-order valence-electron chi connectivity index (χ4n) is 4.38. The summed E-state index contributed by atoms with van der Waals surface area (Å²) in [5.74, 6) is -1.46. The van der Waals surface area contributed by atoms with Gasteiger partial charge in [-0.1, -0.05) is 35.9 Å². The van der Waals surface area contributed by atoms with Crippen molar-refractivity contribution < 1.29 is 13.6 Å². The topological polar surface area (TPSA) is 78.1 Å². The third kappa shape index (κ3) is 4.81. The van der Waals surface area contributed by atoms with E-state index in [4.69, 9.17) is 4.98 Å². The molecule has 0 aliphatic carbocycles. The van der Waals surface area contributed by atoms with Crippen LogP contribution in [0.5, 0.6) is 0 Å². The molecule has 0 bridgehead atoms. The minimum atomic E-state index is -0.689. The fourth-order valence-corrected chi connectivity index (χ4v) is 5.29. The van der Waals surface area contributed by atoms with Gasteiger partial charge in [-0.15, -0.1) is 11.3 Å². The number of aryl methyl sites for hydroxylation is 1. The number of carbonyl (C=O) groups excluding carboxylic acids is 1. The maximum Gasteiger partial charge on any atom is 0.270 e. The summed E-state index contributed by atoms with van der Waals surface area (Å²) in [4.78, 5) is 35.2. The lowest BCUT2D eigenvalue weighted by atomic mass is 9.97. The van der Waals surface area contributed by atoms with Crippen LogP contribution in [0, 0.1) is 24.5 Å². The van der Waals surface area contributed by atoms with Gasteiger partial charge in [-0.25, -0.2) is 13.8 Å². The minimum Gasteiger partial charge on any atom is -0.352 e. The Morgan fingerprint density at radius 3 is 2.80 bits per heavy atom. The lowest BCUT2D eigenvalue weighted by Gasteiger charge is -2.32. The molecule has 0 radical (unpaired) electrons. The first-order valence-corrected chi connectivity index (χ1v) is 12.3. The van der Waals surface area contributed by atoms with E-state index in [2.05, 4.69) is 10.3 Å². The van der Waals surface area contributed by atoms with Crippen LogP contribution in [0.1, 0.15) is 24.0 Å². The Hall–Kier alpha value is -3.59. The summed E-state index contributed by atoms with van der Waals surface area (Å²) in [5.41, 5.74) is 3.73. The number of piperidine rings is 1. The number of amides is 1. The van der Waals surface area contributed by atoms with Gasteiger partial charge in [0, 0.05) is 42.2 Å². The molecule has 1 atom stereocenters. The van der Waals surface area contributed by atoms with Crippen molar-refractivity contribution in [2.45, 2.75) is 26.3 Å².